The predicted octanol–water partition coefficient (Wildman–Crippen LogP) is 2.54. The second-order valence-electron chi connectivity index (χ2n) is 4.37. The SMILES string of the molecule is CCN(CC)CCSc1ncc(CNC)cc1C. The minimum Gasteiger partial charge on any atom is -0.316 e. The Kier molecular flexibility index (Phi) is 7.32. The van der Waals surface area contributed by atoms with Crippen LogP contribution in [0.4, 0.5) is 0 Å². The van der Waals surface area contributed by atoms with Gasteiger partial charge in [-0.2, -0.15) is 0 Å². The first-order valence-corrected chi connectivity index (χ1v) is 7.65. The van der Waals surface area contributed by atoms with Gasteiger partial charge in [-0.15, -0.1) is 11.8 Å². The number of aryl methyl sites for hydroxylation is 1. The van der Waals surface area contributed by atoms with E-state index >= 15 is 0 Å². The number of thioether (sulfide) groups is 1. The molecule has 0 unspecified atom stereocenters. The van der Waals surface area contributed by atoms with Gasteiger partial charge in [0.05, 0.1) is 5.03 Å². The van der Waals surface area contributed by atoms with Crippen molar-refractivity contribution in [1.29, 1.82) is 0 Å². The summed E-state index contributed by atoms with van der Waals surface area (Å²) < 4.78 is 0. The third-order valence-corrected chi connectivity index (χ3v) is 4.10. The summed E-state index contributed by atoms with van der Waals surface area (Å²) in [6.45, 7) is 10.9. The zero-order valence-corrected chi connectivity index (χ0v) is 12.8. The Balaban J connectivity index is 2.47. The van der Waals surface area contributed by atoms with Crippen LogP contribution in [0.15, 0.2) is 17.3 Å². The largest absolute Gasteiger partial charge is 0.316 e. The van der Waals surface area contributed by atoms with Gasteiger partial charge in [0.15, 0.2) is 0 Å². The molecule has 0 atom stereocenters. The Labute approximate surface area is 115 Å². The van der Waals surface area contributed by atoms with Crippen molar-refractivity contribution in [3.8, 4) is 0 Å². The van der Waals surface area contributed by atoms with Crippen molar-refractivity contribution in [2.45, 2.75) is 32.3 Å². The minimum absolute atomic E-state index is 0.887. The molecule has 1 heterocycles. The highest BCUT2D eigenvalue weighted by Gasteiger charge is 2.04. The van der Waals surface area contributed by atoms with Gasteiger partial charge >= 0.3 is 0 Å². The fraction of sp³-hybridized carbons (Fsp3) is 0.643. The standard InChI is InChI=1S/C14H25N3S/c1-5-17(6-2)7-8-18-14-12(3)9-13(10-15-4)11-16-14/h9,11,15H,5-8,10H2,1-4H3. The van der Waals surface area contributed by atoms with Crippen molar-refractivity contribution in [2.75, 3.05) is 32.4 Å². The Bertz CT molecular complexity index is 351. The highest BCUT2D eigenvalue weighted by molar-refractivity contribution is 7.99. The molecule has 102 valence electrons. The van der Waals surface area contributed by atoms with Gasteiger partial charge in [-0.05, 0) is 38.2 Å². The van der Waals surface area contributed by atoms with Crippen LogP contribution in [0, 0.1) is 6.92 Å². The Morgan fingerprint density at radius 1 is 1.33 bits per heavy atom. The van der Waals surface area contributed by atoms with Crippen LogP contribution < -0.4 is 5.32 Å². The van der Waals surface area contributed by atoms with E-state index in [0.29, 0.717) is 0 Å². The van der Waals surface area contributed by atoms with Crippen LogP contribution in [0.2, 0.25) is 0 Å². The summed E-state index contributed by atoms with van der Waals surface area (Å²) in [6, 6.07) is 2.23. The van der Waals surface area contributed by atoms with E-state index in [4.69, 9.17) is 0 Å². The van der Waals surface area contributed by atoms with Crippen molar-refractivity contribution in [1.82, 2.24) is 15.2 Å². The first-order chi connectivity index (χ1) is 8.71. The highest BCUT2D eigenvalue weighted by Crippen LogP contribution is 2.20. The molecule has 0 amide bonds. The lowest BCUT2D eigenvalue weighted by molar-refractivity contribution is 0.324. The van der Waals surface area contributed by atoms with E-state index in [-0.39, 0.29) is 0 Å². The molecule has 1 N–H and O–H groups in total. The summed E-state index contributed by atoms with van der Waals surface area (Å²) in [6.07, 6.45) is 1.98. The summed E-state index contributed by atoms with van der Waals surface area (Å²) in [4.78, 5) is 6.99. The Hall–Kier alpha value is -0.580. The van der Waals surface area contributed by atoms with Crippen molar-refractivity contribution in [3.05, 3.63) is 23.4 Å². The topological polar surface area (TPSA) is 28.2 Å². The van der Waals surface area contributed by atoms with Crippen LogP contribution in [0.25, 0.3) is 0 Å². The van der Waals surface area contributed by atoms with Crippen LogP contribution >= 0.6 is 11.8 Å². The number of aromatic nitrogens is 1. The van der Waals surface area contributed by atoms with Crippen LogP contribution in [0.5, 0.6) is 0 Å². The Morgan fingerprint density at radius 3 is 2.61 bits per heavy atom. The van der Waals surface area contributed by atoms with E-state index < -0.39 is 0 Å². The Morgan fingerprint density at radius 2 is 2.06 bits per heavy atom. The molecular formula is C14H25N3S. The van der Waals surface area contributed by atoms with Crippen molar-refractivity contribution in [3.63, 3.8) is 0 Å². The zero-order chi connectivity index (χ0) is 13.4. The number of hydrogen-bond donors (Lipinski definition) is 1. The molecule has 0 spiro atoms. The van der Waals surface area contributed by atoms with E-state index in [9.17, 15) is 0 Å². The van der Waals surface area contributed by atoms with E-state index in [1.165, 1.54) is 16.2 Å². The van der Waals surface area contributed by atoms with Gasteiger partial charge in [0.2, 0.25) is 0 Å². The molecule has 0 saturated carbocycles. The van der Waals surface area contributed by atoms with Gasteiger partial charge in [-0.1, -0.05) is 19.9 Å². The van der Waals surface area contributed by atoms with Crippen molar-refractivity contribution < 1.29 is 0 Å². The van der Waals surface area contributed by atoms with E-state index in [1.807, 2.05) is 25.0 Å². The average Bonchev–Trinajstić information content (AvgIpc) is 2.37. The fourth-order valence-electron chi connectivity index (χ4n) is 1.88. The lowest BCUT2D eigenvalue weighted by Crippen LogP contribution is -2.25. The van der Waals surface area contributed by atoms with Gasteiger partial charge in [0.25, 0.3) is 0 Å². The minimum atomic E-state index is 0.887. The molecule has 1 rings (SSSR count). The quantitative estimate of drug-likeness (QED) is 0.733. The molecule has 1 aromatic rings. The summed E-state index contributed by atoms with van der Waals surface area (Å²) >= 11 is 1.86. The fourth-order valence-corrected chi connectivity index (χ4v) is 2.84. The van der Waals surface area contributed by atoms with Crippen molar-refractivity contribution >= 4 is 11.8 Å². The predicted molar refractivity (Wildman–Crippen MR) is 80.2 cm³/mol. The van der Waals surface area contributed by atoms with Crippen LogP contribution in [-0.4, -0.2) is 42.3 Å². The average molecular weight is 267 g/mol. The molecule has 0 bridgehead atoms. The molecule has 0 aliphatic carbocycles. The molecule has 0 fully saturated rings. The lowest BCUT2D eigenvalue weighted by atomic mass is 10.2. The molecule has 0 aromatic carbocycles. The van der Waals surface area contributed by atoms with E-state index in [2.05, 4.69) is 42.0 Å². The van der Waals surface area contributed by atoms with Gasteiger partial charge < -0.3 is 10.2 Å². The first-order valence-electron chi connectivity index (χ1n) is 6.66. The maximum Gasteiger partial charge on any atom is 0.0989 e. The summed E-state index contributed by atoms with van der Waals surface area (Å²) in [7, 11) is 1.96. The number of hydrogen-bond acceptors (Lipinski definition) is 4. The molecule has 0 saturated heterocycles. The first kappa shape index (κ1) is 15.5. The summed E-state index contributed by atoms with van der Waals surface area (Å²) in [5, 5.41) is 4.32. The summed E-state index contributed by atoms with van der Waals surface area (Å²) in [5.74, 6) is 1.11. The van der Waals surface area contributed by atoms with Crippen LogP contribution in [0.1, 0.15) is 25.0 Å². The monoisotopic (exact) mass is 267 g/mol. The third kappa shape index (κ3) is 4.96. The normalized spacial score (nSPS) is 11.2. The maximum absolute atomic E-state index is 4.55. The molecule has 0 aliphatic heterocycles. The molecule has 18 heavy (non-hydrogen) atoms. The number of nitrogens with one attached hydrogen (secondary N) is 1. The highest BCUT2D eigenvalue weighted by atomic mass is 32.2. The molecule has 4 heteroatoms. The molecule has 3 nitrogen and oxygen atoms in total. The van der Waals surface area contributed by atoms with Crippen LogP contribution in [0.3, 0.4) is 0 Å². The molecule has 0 radical (unpaired) electrons. The second kappa shape index (κ2) is 8.51. The summed E-state index contributed by atoms with van der Waals surface area (Å²) in [5.41, 5.74) is 2.54. The molecule has 1 aromatic heterocycles. The van der Waals surface area contributed by atoms with Gasteiger partial charge in [0.1, 0.15) is 0 Å². The number of nitrogens with zero attached hydrogens (tertiary/aromatic N) is 2. The molecular weight excluding hydrogens is 242 g/mol. The number of rotatable bonds is 8. The third-order valence-electron chi connectivity index (χ3n) is 3.01. The number of pyridine rings is 1. The van der Waals surface area contributed by atoms with Gasteiger partial charge in [0, 0.05) is 25.0 Å². The smallest absolute Gasteiger partial charge is 0.0989 e. The lowest BCUT2D eigenvalue weighted by Gasteiger charge is -2.17. The van der Waals surface area contributed by atoms with Crippen LogP contribution in [-0.2, 0) is 6.54 Å². The molecule has 0 aliphatic rings. The van der Waals surface area contributed by atoms with Crippen molar-refractivity contribution in [2.24, 2.45) is 0 Å². The van der Waals surface area contributed by atoms with E-state index in [1.54, 1.807) is 0 Å². The van der Waals surface area contributed by atoms with Gasteiger partial charge in [-0.25, -0.2) is 4.98 Å². The van der Waals surface area contributed by atoms with Gasteiger partial charge in [-0.3, -0.25) is 0 Å². The second-order valence-corrected chi connectivity index (χ2v) is 5.45. The maximum atomic E-state index is 4.55. The zero-order valence-electron chi connectivity index (χ0n) is 12.0. The van der Waals surface area contributed by atoms with E-state index in [0.717, 1.165) is 31.9 Å².